The van der Waals surface area contributed by atoms with Crippen molar-refractivity contribution in [2.45, 2.75) is 13.0 Å². The van der Waals surface area contributed by atoms with E-state index in [4.69, 9.17) is 22.8 Å². The molecule has 0 saturated heterocycles. The van der Waals surface area contributed by atoms with Crippen molar-refractivity contribution in [3.05, 3.63) is 23.2 Å². The number of methoxy groups -OCH3 is 1. The molecule has 0 bridgehead atoms. The number of hydrogen-bond donors (Lipinski definition) is 1. The maximum Gasteiger partial charge on any atom is 0.121 e. The van der Waals surface area contributed by atoms with Crippen LogP contribution in [-0.2, 0) is 0 Å². The molecule has 3 heteroatoms. The number of ether oxygens (including phenoxy) is 1. The molecule has 0 fully saturated rings. The molecule has 0 heterocycles. The second kappa shape index (κ2) is 4.78. The van der Waals surface area contributed by atoms with Crippen LogP contribution in [0.1, 0.15) is 6.92 Å². The van der Waals surface area contributed by atoms with Crippen molar-refractivity contribution in [2.24, 2.45) is 0 Å². The molecule has 14 heavy (non-hydrogen) atoms. The van der Waals surface area contributed by atoms with Gasteiger partial charge in [-0.25, -0.2) is 0 Å². The molecule has 74 valence electrons. The van der Waals surface area contributed by atoms with Crippen molar-refractivity contribution < 1.29 is 4.74 Å². The lowest BCUT2D eigenvalue weighted by Gasteiger charge is -2.12. The number of anilines is 1. The second-order valence-corrected chi connectivity index (χ2v) is 3.29. The molecular weight excluding hydrogens is 198 g/mol. The van der Waals surface area contributed by atoms with Crippen molar-refractivity contribution in [1.29, 1.82) is 0 Å². The maximum absolute atomic E-state index is 5.97. The van der Waals surface area contributed by atoms with E-state index in [1.807, 2.05) is 13.0 Å². The Morgan fingerprint density at radius 1 is 1.57 bits per heavy atom. The maximum atomic E-state index is 5.97. The molecule has 1 unspecified atom stereocenters. The van der Waals surface area contributed by atoms with Gasteiger partial charge in [-0.15, -0.1) is 6.42 Å². The lowest BCUT2D eigenvalue weighted by Crippen LogP contribution is -2.12. The minimum atomic E-state index is -0.0559. The average molecular weight is 210 g/mol. The molecule has 1 aromatic rings. The van der Waals surface area contributed by atoms with E-state index < -0.39 is 0 Å². The SMILES string of the molecule is C#CC(C)Nc1cc(OC)ccc1Cl. The lowest BCUT2D eigenvalue weighted by molar-refractivity contribution is 0.415. The largest absolute Gasteiger partial charge is 0.497 e. The molecule has 0 aromatic heterocycles. The first kappa shape index (κ1) is 10.7. The Labute approximate surface area is 89.2 Å². The zero-order chi connectivity index (χ0) is 10.6. The number of hydrogen-bond acceptors (Lipinski definition) is 2. The van der Waals surface area contributed by atoms with Crippen LogP contribution in [0.4, 0.5) is 5.69 Å². The molecular formula is C11H12ClNO. The third-order valence-electron chi connectivity index (χ3n) is 1.80. The Kier molecular flexibility index (Phi) is 3.67. The van der Waals surface area contributed by atoms with Crippen LogP contribution in [0.15, 0.2) is 18.2 Å². The van der Waals surface area contributed by atoms with Gasteiger partial charge >= 0.3 is 0 Å². The highest BCUT2D eigenvalue weighted by Crippen LogP contribution is 2.26. The van der Waals surface area contributed by atoms with Gasteiger partial charge in [0.2, 0.25) is 0 Å². The summed E-state index contributed by atoms with van der Waals surface area (Å²) < 4.78 is 5.07. The monoisotopic (exact) mass is 209 g/mol. The van der Waals surface area contributed by atoms with Crippen molar-refractivity contribution in [1.82, 2.24) is 0 Å². The molecule has 1 atom stereocenters. The number of halogens is 1. The van der Waals surface area contributed by atoms with Gasteiger partial charge in [0, 0.05) is 6.07 Å². The predicted octanol–water partition coefficient (Wildman–Crippen LogP) is 2.78. The molecule has 0 aliphatic carbocycles. The highest BCUT2D eigenvalue weighted by atomic mass is 35.5. The summed E-state index contributed by atoms with van der Waals surface area (Å²) in [7, 11) is 1.61. The zero-order valence-corrected chi connectivity index (χ0v) is 8.93. The van der Waals surface area contributed by atoms with Gasteiger partial charge in [-0.05, 0) is 19.1 Å². The smallest absolute Gasteiger partial charge is 0.121 e. The van der Waals surface area contributed by atoms with Crippen molar-refractivity contribution in [3.63, 3.8) is 0 Å². The van der Waals surface area contributed by atoms with Crippen molar-refractivity contribution >= 4 is 17.3 Å². The summed E-state index contributed by atoms with van der Waals surface area (Å²) in [6.45, 7) is 1.88. The Morgan fingerprint density at radius 2 is 2.29 bits per heavy atom. The van der Waals surface area contributed by atoms with Crippen molar-refractivity contribution in [3.8, 4) is 18.1 Å². The van der Waals surface area contributed by atoms with E-state index in [2.05, 4.69) is 11.2 Å². The van der Waals surface area contributed by atoms with Gasteiger partial charge in [0.05, 0.1) is 23.9 Å². The normalized spacial score (nSPS) is 11.6. The van der Waals surface area contributed by atoms with E-state index in [1.54, 1.807) is 19.2 Å². The molecule has 0 saturated carbocycles. The highest BCUT2D eigenvalue weighted by Gasteiger charge is 2.04. The summed E-state index contributed by atoms with van der Waals surface area (Å²) in [5.41, 5.74) is 0.788. The summed E-state index contributed by atoms with van der Waals surface area (Å²) in [5, 5.41) is 3.72. The molecule has 0 amide bonds. The van der Waals surface area contributed by atoms with Gasteiger partial charge < -0.3 is 10.1 Å². The molecule has 0 aliphatic heterocycles. The van der Waals surface area contributed by atoms with Crippen LogP contribution < -0.4 is 10.1 Å². The van der Waals surface area contributed by atoms with Crippen LogP contribution in [0, 0.1) is 12.3 Å². The quantitative estimate of drug-likeness (QED) is 0.773. The van der Waals surface area contributed by atoms with Crippen LogP contribution in [0.25, 0.3) is 0 Å². The van der Waals surface area contributed by atoms with E-state index in [9.17, 15) is 0 Å². The number of benzene rings is 1. The van der Waals surface area contributed by atoms with Crippen LogP contribution in [-0.4, -0.2) is 13.2 Å². The molecule has 0 spiro atoms. The Balaban J connectivity index is 2.90. The topological polar surface area (TPSA) is 21.3 Å². The second-order valence-electron chi connectivity index (χ2n) is 2.88. The minimum Gasteiger partial charge on any atom is -0.497 e. The van der Waals surface area contributed by atoms with Crippen LogP contribution in [0.2, 0.25) is 5.02 Å². The standard InChI is InChI=1S/C11H12ClNO/c1-4-8(2)13-11-7-9(14-3)5-6-10(11)12/h1,5-8,13H,2-3H3. The molecule has 1 rings (SSSR count). The fraction of sp³-hybridized carbons (Fsp3) is 0.273. The predicted molar refractivity (Wildman–Crippen MR) is 59.9 cm³/mol. The van der Waals surface area contributed by atoms with E-state index in [-0.39, 0.29) is 6.04 Å². The fourth-order valence-corrected chi connectivity index (χ4v) is 1.19. The van der Waals surface area contributed by atoms with E-state index in [0.29, 0.717) is 5.02 Å². The van der Waals surface area contributed by atoms with Gasteiger partial charge in [0.1, 0.15) is 5.75 Å². The third-order valence-corrected chi connectivity index (χ3v) is 2.13. The summed E-state index contributed by atoms with van der Waals surface area (Å²) >= 11 is 5.97. The van der Waals surface area contributed by atoms with Gasteiger partial charge in [0.15, 0.2) is 0 Å². The number of terminal acetylenes is 1. The summed E-state index contributed by atoms with van der Waals surface area (Å²) in [4.78, 5) is 0. The summed E-state index contributed by atoms with van der Waals surface area (Å²) in [6, 6.07) is 5.33. The van der Waals surface area contributed by atoms with Crippen LogP contribution in [0.3, 0.4) is 0 Å². The van der Waals surface area contributed by atoms with E-state index >= 15 is 0 Å². The molecule has 1 aromatic carbocycles. The number of rotatable bonds is 3. The minimum absolute atomic E-state index is 0.0559. The Hall–Kier alpha value is -1.33. The first-order valence-corrected chi connectivity index (χ1v) is 4.61. The van der Waals surface area contributed by atoms with Crippen molar-refractivity contribution in [2.75, 3.05) is 12.4 Å². The summed E-state index contributed by atoms with van der Waals surface area (Å²) in [5.74, 6) is 3.32. The Bertz CT molecular complexity index is 357. The third kappa shape index (κ3) is 2.58. The average Bonchev–Trinajstić information content (AvgIpc) is 2.21. The molecule has 1 N–H and O–H groups in total. The van der Waals surface area contributed by atoms with Gasteiger partial charge in [-0.3, -0.25) is 0 Å². The first-order chi connectivity index (χ1) is 6.67. The van der Waals surface area contributed by atoms with Gasteiger partial charge in [-0.1, -0.05) is 17.5 Å². The van der Waals surface area contributed by atoms with Gasteiger partial charge in [0.25, 0.3) is 0 Å². The molecule has 2 nitrogen and oxygen atoms in total. The number of nitrogens with one attached hydrogen (secondary N) is 1. The van der Waals surface area contributed by atoms with E-state index in [1.165, 1.54) is 0 Å². The lowest BCUT2D eigenvalue weighted by atomic mass is 10.2. The molecule has 0 aliphatic rings. The van der Waals surface area contributed by atoms with Crippen LogP contribution >= 0.6 is 11.6 Å². The van der Waals surface area contributed by atoms with E-state index in [0.717, 1.165) is 11.4 Å². The fourth-order valence-electron chi connectivity index (χ4n) is 1.02. The first-order valence-electron chi connectivity index (χ1n) is 4.23. The summed E-state index contributed by atoms with van der Waals surface area (Å²) in [6.07, 6.45) is 5.25. The Morgan fingerprint density at radius 3 is 2.86 bits per heavy atom. The highest BCUT2D eigenvalue weighted by molar-refractivity contribution is 6.33. The van der Waals surface area contributed by atoms with Gasteiger partial charge in [-0.2, -0.15) is 0 Å². The molecule has 0 radical (unpaired) electrons. The zero-order valence-electron chi connectivity index (χ0n) is 8.17. The van der Waals surface area contributed by atoms with Crippen LogP contribution in [0.5, 0.6) is 5.75 Å².